The summed E-state index contributed by atoms with van der Waals surface area (Å²) in [7, 11) is 0. The topological polar surface area (TPSA) is 47.0 Å². The Hall–Kier alpha value is -0.650. The molecule has 1 rings (SSSR count). The number of thioether (sulfide) groups is 1. The Morgan fingerprint density at radius 3 is 2.94 bits per heavy atom. The number of aromatic nitrogens is 2. The van der Waals surface area contributed by atoms with E-state index in [2.05, 4.69) is 29.1 Å². The van der Waals surface area contributed by atoms with Crippen LogP contribution in [0.25, 0.3) is 0 Å². The second kappa shape index (κ2) is 9.30. The Bertz CT molecular complexity index is 334. The average molecular weight is 269 g/mol. The first-order valence-corrected chi connectivity index (χ1v) is 7.42. The van der Waals surface area contributed by atoms with Crippen molar-refractivity contribution >= 4 is 11.8 Å². The third kappa shape index (κ3) is 7.63. The highest BCUT2D eigenvalue weighted by Gasteiger charge is 1.97. The fourth-order valence-corrected chi connectivity index (χ4v) is 2.12. The molecule has 5 heteroatoms. The van der Waals surface area contributed by atoms with Crippen molar-refractivity contribution in [2.45, 2.75) is 38.5 Å². The minimum atomic E-state index is 0.332. The number of hydrogen-bond acceptors (Lipinski definition) is 5. The normalized spacial score (nSPS) is 11.1. The fraction of sp³-hybridized carbons (Fsp3) is 0.692. The first kappa shape index (κ1) is 15.4. The van der Waals surface area contributed by atoms with Gasteiger partial charge in [0.15, 0.2) is 5.16 Å². The molecule has 0 aromatic carbocycles. The van der Waals surface area contributed by atoms with E-state index in [1.807, 2.05) is 13.0 Å². The maximum Gasteiger partial charge on any atom is 0.187 e. The summed E-state index contributed by atoms with van der Waals surface area (Å²) in [6.07, 6.45) is 3.20. The van der Waals surface area contributed by atoms with Crippen LogP contribution in [0.4, 0.5) is 0 Å². The van der Waals surface area contributed by atoms with Crippen molar-refractivity contribution in [2.75, 3.05) is 25.4 Å². The van der Waals surface area contributed by atoms with Crippen LogP contribution in [0, 0.1) is 6.92 Å². The highest BCUT2D eigenvalue weighted by atomic mass is 32.2. The quantitative estimate of drug-likeness (QED) is 0.423. The van der Waals surface area contributed by atoms with Crippen molar-refractivity contribution in [3.8, 4) is 0 Å². The van der Waals surface area contributed by atoms with E-state index in [0.717, 1.165) is 42.7 Å². The molecular formula is C13H23N3OS. The number of nitrogens with zero attached hydrogens (tertiary/aromatic N) is 2. The standard InChI is InChI=1S/C13H23N3OS/c1-11(2)17-9-4-6-14-8-10-18-13-15-7-5-12(3)16-13/h5,7,11,14H,4,6,8-10H2,1-3H3. The minimum Gasteiger partial charge on any atom is -0.379 e. The summed E-state index contributed by atoms with van der Waals surface area (Å²) in [4.78, 5) is 8.55. The highest BCUT2D eigenvalue weighted by Crippen LogP contribution is 2.10. The molecule has 0 saturated heterocycles. The van der Waals surface area contributed by atoms with Gasteiger partial charge in [0.25, 0.3) is 0 Å². The SMILES string of the molecule is Cc1ccnc(SCCNCCCOC(C)C)n1. The van der Waals surface area contributed by atoms with Crippen LogP contribution in [-0.2, 0) is 4.74 Å². The zero-order valence-electron chi connectivity index (χ0n) is 11.5. The van der Waals surface area contributed by atoms with Gasteiger partial charge in [-0.2, -0.15) is 0 Å². The molecule has 4 nitrogen and oxygen atoms in total. The summed E-state index contributed by atoms with van der Waals surface area (Å²) in [5, 5.41) is 4.25. The molecule has 0 bridgehead atoms. The predicted molar refractivity (Wildman–Crippen MR) is 76.1 cm³/mol. The Morgan fingerprint density at radius 1 is 1.39 bits per heavy atom. The number of ether oxygens (including phenoxy) is 1. The molecule has 0 spiro atoms. The lowest BCUT2D eigenvalue weighted by molar-refractivity contribution is 0.0772. The molecule has 0 amide bonds. The lowest BCUT2D eigenvalue weighted by Gasteiger charge is -2.07. The molecule has 0 unspecified atom stereocenters. The van der Waals surface area contributed by atoms with E-state index in [9.17, 15) is 0 Å². The molecule has 1 heterocycles. The van der Waals surface area contributed by atoms with Gasteiger partial charge in [-0.3, -0.25) is 0 Å². The lowest BCUT2D eigenvalue weighted by Crippen LogP contribution is -2.20. The predicted octanol–water partition coefficient (Wildman–Crippen LogP) is 2.28. The summed E-state index contributed by atoms with van der Waals surface area (Å²) in [6.45, 7) is 8.92. The number of rotatable bonds is 9. The Labute approximate surface area is 114 Å². The van der Waals surface area contributed by atoms with E-state index < -0.39 is 0 Å². The summed E-state index contributed by atoms with van der Waals surface area (Å²) < 4.78 is 5.47. The van der Waals surface area contributed by atoms with Crippen molar-refractivity contribution in [2.24, 2.45) is 0 Å². The monoisotopic (exact) mass is 269 g/mol. The Kier molecular flexibility index (Phi) is 7.96. The zero-order valence-corrected chi connectivity index (χ0v) is 12.3. The van der Waals surface area contributed by atoms with Gasteiger partial charge in [0, 0.05) is 30.8 Å². The van der Waals surface area contributed by atoms with Gasteiger partial charge in [-0.1, -0.05) is 11.8 Å². The van der Waals surface area contributed by atoms with Crippen molar-refractivity contribution < 1.29 is 4.74 Å². The molecule has 18 heavy (non-hydrogen) atoms. The van der Waals surface area contributed by atoms with E-state index in [4.69, 9.17) is 4.74 Å². The van der Waals surface area contributed by atoms with E-state index in [1.165, 1.54) is 0 Å². The van der Waals surface area contributed by atoms with Gasteiger partial charge in [-0.15, -0.1) is 0 Å². The van der Waals surface area contributed by atoms with E-state index in [1.54, 1.807) is 18.0 Å². The lowest BCUT2D eigenvalue weighted by atomic mass is 10.4. The third-order valence-corrected chi connectivity index (χ3v) is 3.09. The molecule has 102 valence electrons. The van der Waals surface area contributed by atoms with Gasteiger partial charge in [0.05, 0.1) is 6.10 Å². The van der Waals surface area contributed by atoms with Crippen molar-refractivity contribution in [1.82, 2.24) is 15.3 Å². The van der Waals surface area contributed by atoms with Gasteiger partial charge in [0.2, 0.25) is 0 Å². The molecule has 0 aliphatic rings. The summed E-state index contributed by atoms with van der Waals surface area (Å²) in [5.74, 6) is 0.995. The van der Waals surface area contributed by atoms with E-state index in [0.29, 0.717) is 6.10 Å². The van der Waals surface area contributed by atoms with Crippen LogP contribution in [0.15, 0.2) is 17.4 Å². The molecular weight excluding hydrogens is 246 g/mol. The third-order valence-electron chi connectivity index (χ3n) is 2.23. The van der Waals surface area contributed by atoms with Crippen LogP contribution in [0.2, 0.25) is 0 Å². The van der Waals surface area contributed by atoms with E-state index >= 15 is 0 Å². The van der Waals surface area contributed by atoms with Gasteiger partial charge in [-0.05, 0) is 39.8 Å². The first-order valence-electron chi connectivity index (χ1n) is 6.43. The van der Waals surface area contributed by atoms with Crippen LogP contribution in [0.1, 0.15) is 26.0 Å². The zero-order chi connectivity index (χ0) is 13.2. The molecule has 1 aromatic heterocycles. The van der Waals surface area contributed by atoms with E-state index in [-0.39, 0.29) is 0 Å². The largest absolute Gasteiger partial charge is 0.379 e. The van der Waals surface area contributed by atoms with Crippen LogP contribution in [0.3, 0.4) is 0 Å². The van der Waals surface area contributed by atoms with Gasteiger partial charge < -0.3 is 10.1 Å². The van der Waals surface area contributed by atoms with Crippen molar-refractivity contribution in [1.29, 1.82) is 0 Å². The Balaban J connectivity index is 1.96. The van der Waals surface area contributed by atoms with Gasteiger partial charge >= 0.3 is 0 Å². The molecule has 0 aliphatic carbocycles. The maximum atomic E-state index is 5.47. The van der Waals surface area contributed by atoms with Crippen molar-refractivity contribution in [3.63, 3.8) is 0 Å². The molecule has 0 fully saturated rings. The molecule has 0 aliphatic heterocycles. The van der Waals surface area contributed by atoms with Crippen LogP contribution < -0.4 is 5.32 Å². The van der Waals surface area contributed by atoms with Crippen LogP contribution in [-0.4, -0.2) is 41.5 Å². The Morgan fingerprint density at radius 2 is 2.22 bits per heavy atom. The van der Waals surface area contributed by atoms with Crippen molar-refractivity contribution in [3.05, 3.63) is 18.0 Å². The summed E-state index contributed by atoms with van der Waals surface area (Å²) in [5.41, 5.74) is 1.02. The maximum absolute atomic E-state index is 5.47. The molecule has 0 atom stereocenters. The summed E-state index contributed by atoms with van der Waals surface area (Å²) in [6, 6.07) is 1.91. The van der Waals surface area contributed by atoms with Gasteiger partial charge in [0.1, 0.15) is 0 Å². The number of nitrogens with one attached hydrogen (secondary N) is 1. The molecule has 1 N–H and O–H groups in total. The average Bonchev–Trinajstić information content (AvgIpc) is 2.32. The highest BCUT2D eigenvalue weighted by molar-refractivity contribution is 7.99. The molecule has 0 saturated carbocycles. The first-order chi connectivity index (χ1) is 8.68. The van der Waals surface area contributed by atoms with Crippen LogP contribution in [0.5, 0.6) is 0 Å². The second-order valence-electron chi connectivity index (χ2n) is 4.35. The summed E-state index contributed by atoms with van der Waals surface area (Å²) >= 11 is 1.69. The number of aryl methyl sites for hydroxylation is 1. The molecule has 1 aromatic rings. The second-order valence-corrected chi connectivity index (χ2v) is 5.41. The van der Waals surface area contributed by atoms with Gasteiger partial charge in [-0.25, -0.2) is 9.97 Å². The van der Waals surface area contributed by atoms with Crippen LogP contribution >= 0.6 is 11.8 Å². The fourth-order valence-electron chi connectivity index (χ4n) is 1.35. The number of hydrogen-bond donors (Lipinski definition) is 1. The minimum absolute atomic E-state index is 0.332. The smallest absolute Gasteiger partial charge is 0.187 e. The molecule has 0 radical (unpaired) electrons.